The van der Waals surface area contributed by atoms with Gasteiger partial charge in [0.1, 0.15) is 0 Å². The third-order valence-corrected chi connectivity index (χ3v) is 5.65. The maximum absolute atomic E-state index is 12.4. The standard InChI is InChI=1S/C14H20N2O2S/c1-10-2-4-13(6-10)16-19(17,18)14-5-3-11-8-15-9-12(11)7-14/h3,5,7,10,13,15-16H,2,4,6,8-9H2,1H3. The second-order valence-corrected chi connectivity index (χ2v) is 7.48. The van der Waals surface area contributed by atoms with E-state index >= 15 is 0 Å². The van der Waals surface area contributed by atoms with Crippen molar-refractivity contribution < 1.29 is 8.42 Å². The van der Waals surface area contributed by atoms with E-state index in [1.54, 1.807) is 12.1 Å². The van der Waals surface area contributed by atoms with E-state index in [-0.39, 0.29) is 6.04 Å². The lowest BCUT2D eigenvalue weighted by molar-refractivity contribution is 0.538. The van der Waals surface area contributed by atoms with Crippen LogP contribution in [0.4, 0.5) is 0 Å². The summed E-state index contributed by atoms with van der Waals surface area (Å²) >= 11 is 0. The molecule has 2 unspecified atom stereocenters. The Bertz CT molecular complexity index is 583. The molecular formula is C14H20N2O2S. The van der Waals surface area contributed by atoms with Gasteiger partial charge in [-0.25, -0.2) is 13.1 Å². The lowest BCUT2D eigenvalue weighted by Crippen LogP contribution is -2.33. The van der Waals surface area contributed by atoms with Gasteiger partial charge in [0.2, 0.25) is 10.0 Å². The number of nitrogens with one attached hydrogen (secondary N) is 2. The summed E-state index contributed by atoms with van der Waals surface area (Å²) in [4.78, 5) is 0.398. The minimum Gasteiger partial charge on any atom is -0.309 e. The fourth-order valence-corrected chi connectivity index (χ4v) is 4.37. The highest BCUT2D eigenvalue weighted by Crippen LogP contribution is 2.26. The molecule has 1 aliphatic heterocycles. The molecule has 1 saturated carbocycles. The molecule has 3 rings (SSSR count). The van der Waals surface area contributed by atoms with Gasteiger partial charge in [0.25, 0.3) is 0 Å². The first kappa shape index (κ1) is 13.1. The third-order valence-electron chi connectivity index (χ3n) is 4.14. The smallest absolute Gasteiger partial charge is 0.240 e. The molecule has 1 aromatic carbocycles. The Kier molecular flexibility index (Phi) is 3.37. The molecule has 1 aromatic rings. The van der Waals surface area contributed by atoms with Gasteiger partial charge in [0, 0.05) is 19.1 Å². The second kappa shape index (κ2) is 4.89. The lowest BCUT2D eigenvalue weighted by Gasteiger charge is -2.13. The maximum atomic E-state index is 12.4. The molecule has 1 heterocycles. The molecule has 0 aromatic heterocycles. The van der Waals surface area contributed by atoms with Crippen molar-refractivity contribution in [2.45, 2.75) is 50.2 Å². The van der Waals surface area contributed by atoms with Crippen molar-refractivity contribution in [1.29, 1.82) is 0 Å². The normalized spacial score (nSPS) is 26.6. The van der Waals surface area contributed by atoms with Crippen LogP contribution in [0.2, 0.25) is 0 Å². The Labute approximate surface area is 114 Å². The van der Waals surface area contributed by atoms with Gasteiger partial charge in [0.15, 0.2) is 0 Å². The van der Waals surface area contributed by atoms with E-state index < -0.39 is 10.0 Å². The fourth-order valence-electron chi connectivity index (χ4n) is 3.04. The van der Waals surface area contributed by atoms with Gasteiger partial charge in [-0.15, -0.1) is 0 Å². The molecule has 4 nitrogen and oxygen atoms in total. The van der Waals surface area contributed by atoms with Gasteiger partial charge >= 0.3 is 0 Å². The van der Waals surface area contributed by atoms with E-state index in [0.29, 0.717) is 10.8 Å². The molecule has 1 fully saturated rings. The number of hydrogen-bond acceptors (Lipinski definition) is 3. The monoisotopic (exact) mass is 280 g/mol. The summed E-state index contributed by atoms with van der Waals surface area (Å²) in [6.45, 7) is 3.78. The number of fused-ring (bicyclic) bond motifs is 1. The molecule has 0 amide bonds. The molecule has 0 bridgehead atoms. The molecule has 5 heteroatoms. The van der Waals surface area contributed by atoms with Crippen LogP contribution >= 0.6 is 0 Å². The third kappa shape index (κ3) is 2.68. The molecule has 1 aliphatic carbocycles. The van der Waals surface area contributed by atoms with E-state index in [1.807, 2.05) is 6.07 Å². The summed E-state index contributed by atoms with van der Waals surface area (Å²) in [5.41, 5.74) is 2.30. The molecule has 0 radical (unpaired) electrons. The molecule has 0 spiro atoms. The Morgan fingerprint density at radius 1 is 1.21 bits per heavy atom. The highest BCUT2D eigenvalue weighted by molar-refractivity contribution is 7.89. The van der Waals surface area contributed by atoms with Gasteiger partial charge in [-0.1, -0.05) is 13.0 Å². The van der Waals surface area contributed by atoms with Crippen molar-refractivity contribution in [3.63, 3.8) is 0 Å². The highest BCUT2D eigenvalue weighted by Gasteiger charge is 2.27. The first-order chi connectivity index (χ1) is 9.04. The summed E-state index contributed by atoms with van der Waals surface area (Å²) in [5.74, 6) is 0.622. The van der Waals surface area contributed by atoms with Crippen LogP contribution in [0.1, 0.15) is 37.3 Å². The Morgan fingerprint density at radius 3 is 2.74 bits per heavy atom. The van der Waals surface area contributed by atoms with E-state index in [0.717, 1.165) is 37.9 Å². The minimum atomic E-state index is -3.37. The second-order valence-electron chi connectivity index (χ2n) is 5.77. The number of hydrogen-bond donors (Lipinski definition) is 2. The molecule has 2 N–H and O–H groups in total. The summed E-state index contributed by atoms with van der Waals surface area (Å²) in [7, 11) is -3.37. The van der Waals surface area contributed by atoms with Crippen LogP contribution < -0.4 is 10.0 Å². The van der Waals surface area contributed by atoms with Crippen LogP contribution in [0, 0.1) is 5.92 Å². The largest absolute Gasteiger partial charge is 0.309 e. The first-order valence-electron chi connectivity index (χ1n) is 6.89. The maximum Gasteiger partial charge on any atom is 0.240 e. The van der Waals surface area contributed by atoms with Crippen LogP contribution in [0.5, 0.6) is 0 Å². The van der Waals surface area contributed by atoms with Crippen molar-refractivity contribution in [1.82, 2.24) is 10.0 Å². The summed E-state index contributed by atoms with van der Waals surface area (Å²) in [6.07, 6.45) is 3.01. The Balaban J connectivity index is 1.80. The van der Waals surface area contributed by atoms with Crippen molar-refractivity contribution in [2.24, 2.45) is 5.92 Å². The van der Waals surface area contributed by atoms with Crippen molar-refractivity contribution >= 4 is 10.0 Å². The number of rotatable bonds is 3. The van der Waals surface area contributed by atoms with Gasteiger partial charge < -0.3 is 5.32 Å². The highest BCUT2D eigenvalue weighted by atomic mass is 32.2. The molecular weight excluding hydrogens is 260 g/mol. The summed E-state index contributed by atoms with van der Waals surface area (Å²) in [5, 5.41) is 3.23. The van der Waals surface area contributed by atoms with Crippen molar-refractivity contribution in [3.8, 4) is 0 Å². The van der Waals surface area contributed by atoms with E-state index in [9.17, 15) is 8.42 Å². The van der Waals surface area contributed by atoms with E-state index in [1.165, 1.54) is 5.56 Å². The summed E-state index contributed by atoms with van der Waals surface area (Å²) < 4.78 is 27.6. The number of benzene rings is 1. The Hall–Kier alpha value is -0.910. The van der Waals surface area contributed by atoms with Crippen LogP contribution in [-0.4, -0.2) is 14.5 Å². The molecule has 2 aliphatic rings. The zero-order chi connectivity index (χ0) is 13.5. The van der Waals surface area contributed by atoms with Crippen molar-refractivity contribution in [3.05, 3.63) is 29.3 Å². The minimum absolute atomic E-state index is 0.103. The van der Waals surface area contributed by atoms with E-state index in [4.69, 9.17) is 0 Å². The first-order valence-corrected chi connectivity index (χ1v) is 8.38. The molecule has 2 atom stereocenters. The quantitative estimate of drug-likeness (QED) is 0.887. The van der Waals surface area contributed by atoms with E-state index in [2.05, 4.69) is 17.0 Å². The molecule has 104 valence electrons. The zero-order valence-electron chi connectivity index (χ0n) is 11.1. The SMILES string of the molecule is CC1CCC(NS(=O)(=O)c2ccc3c(c2)CNC3)C1. The van der Waals surface area contributed by atoms with Crippen LogP contribution in [0.15, 0.2) is 23.1 Å². The van der Waals surface area contributed by atoms with Crippen LogP contribution in [-0.2, 0) is 23.1 Å². The molecule has 19 heavy (non-hydrogen) atoms. The number of sulfonamides is 1. The zero-order valence-corrected chi connectivity index (χ0v) is 12.0. The van der Waals surface area contributed by atoms with Crippen LogP contribution in [0.25, 0.3) is 0 Å². The predicted octanol–water partition coefficient (Wildman–Crippen LogP) is 1.76. The van der Waals surface area contributed by atoms with Gasteiger partial charge in [-0.3, -0.25) is 0 Å². The fraction of sp³-hybridized carbons (Fsp3) is 0.571. The molecule has 0 saturated heterocycles. The van der Waals surface area contributed by atoms with Gasteiger partial charge in [-0.05, 0) is 48.4 Å². The average molecular weight is 280 g/mol. The average Bonchev–Trinajstić information content (AvgIpc) is 2.96. The van der Waals surface area contributed by atoms with Gasteiger partial charge in [-0.2, -0.15) is 0 Å². The Morgan fingerprint density at radius 2 is 2.00 bits per heavy atom. The van der Waals surface area contributed by atoms with Gasteiger partial charge in [0.05, 0.1) is 4.90 Å². The predicted molar refractivity (Wildman–Crippen MR) is 74.1 cm³/mol. The topological polar surface area (TPSA) is 58.2 Å². The lowest BCUT2D eigenvalue weighted by atomic mass is 10.1. The van der Waals surface area contributed by atoms with Crippen molar-refractivity contribution in [2.75, 3.05) is 0 Å². The summed E-state index contributed by atoms with van der Waals surface area (Å²) in [6, 6.07) is 5.54. The van der Waals surface area contributed by atoms with Crippen LogP contribution in [0.3, 0.4) is 0 Å².